The molecule has 3 aromatic rings. The molecule has 1 fully saturated rings. The number of anilines is 2. The molecule has 0 radical (unpaired) electrons. The third-order valence-corrected chi connectivity index (χ3v) is 8.32. The van der Waals surface area contributed by atoms with Crippen molar-refractivity contribution in [2.24, 2.45) is 0 Å². The van der Waals surface area contributed by atoms with E-state index in [2.05, 4.69) is 20.7 Å². The average Bonchev–Trinajstić information content (AvgIpc) is 3.39. The molecule has 2 aliphatic heterocycles. The van der Waals surface area contributed by atoms with E-state index in [1.165, 1.54) is 23.0 Å². The smallest absolute Gasteiger partial charge is 0.282 e. The number of aryl methyl sites for hydroxylation is 1. The van der Waals surface area contributed by atoms with Crippen LogP contribution in [0.25, 0.3) is 5.82 Å². The Kier molecular flexibility index (Phi) is 5.95. The number of benzene rings is 1. The summed E-state index contributed by atoms with van der Waals surface area (Å²) in [6, 6.07) is 10.7. The topological polar surface area (TPSA) is 153 Å². The van der Waals surface area contributed by atoms with Crippen LogP contribution in [-0.2, 0) is 33.0 Å². The van der Waals surface area contributed by atoms with Crippen LogP contribution >= 0.6 is 0 Å². The second kappa shape index (κ2) is 9.05. The predicted molar refractivity (Wildman–Crippen MR) is 140 cm³/mol. The molecule has 3 N–H and O–H groups in total. The lowest BCUT2D eigenvalue weighted by Crippen LogP contribution is -2.56. The Balaban J connectivity index is 1.37. The lowest BCUT2D eigenvalue weighted by molar-refractivity contribution is -0.113. The molecule has 1 spiro atoms. The van der Waals surface area contributed by atoms with Crippen molar-refractivity contribution in [2.45, 2.75) is 37.0 Å². The molecule has 1 unspecified atom stereocenters. The molecule has 1 aliphatic carbocycles. The van der Waals surface area contributed by atoms with E-state index in [1.54, 1.807) is 11.0 Å². The van der Waals surface area contributed by atoms with Gasteiger partial charge in [-0.05, 0) is 48.2 Å². The Hall–Kier alpha value is -3.93. The number of nitrogens with zero attached hydrogens (tertiary/aromatic N) is 5. The summed E-state index contributed by atoms with van der Waals surface area (Å²) in [5.41, 5.74) is 3.04. The zero-order valence-corrected chi connectivity index (χ0v) is 22.2. The molecule has 40 heavy (non-hydrogen) atoms. The molecule has 208 valence electrons. The van der Waals surface area contributed by atoms with Gasteiger partial charge in [0.2, 0.25) is 5.91 Å². The lowest BCUT2D eigenvalue weighted by atomic mass is 9.82. The highest BCUT2D eigenvalue weighted by atomic mass is 32.2. The molecule has 6 rings (SSSR count). The molecule has 11 nitrogen and oxygen atoms in total. The van der Waals surface area contributed by atoms with Crippen molar-refractivity contribution < 1.29 is 27.1 Å². The van der Waals surface area contributed by atoms with Crippen LogP contribution < -0.4 is 15.5 Å². The van der Waals surface area contributed by atoms with Crippen molar-refractivity contribution in [2.75, 3.05) is 35.3 Å². The molecular formula is C26H25F2N7O4S. The van der Waals surface area contributed by atoms with Gasteiger partial charge in [0, 0.05) is 24.6 Å². The van der Waals surface area contributed by atoms with E-state index in [4.69, 9.17) is 5.26 Å². The van der Waals surface area contributed by atoms with Crippen LogP contribution in [0.15, 0.2) is 36.5 Å². The Morgan fingerprint density at radius 2 is 2.08 bits per heavy atom. The number of halogens is 2. The van der Waals surface area contributed by atoms with E-state index in [0.717, 1.165) is 23.1 Å². The number of carbonyl (C=O) groups excluding carboxylic acids is 1. The van der Waals surface area contributed by atoms with E-state index < -0.39 is 39.2 Å². The number of aromatic nitrogens is 3. The van der Waals surface area contributed by atoms with E-state index in [9.17, 15) is 27.1 Å². The molecule has 1 aromatic carbocycles. The van der Waals surface area contributed by atoms with Crippen molar-refractivity contribution in [1.29, 1.82) is 5.26 Å². The molecule has 1 amide bonds. The standard InChI is InChI=1S/C26H25F2N7O4S/c1-40(38,39)12-21(36)31-23-22-19(33-35(23)20-5-2-15(10-29)11-30-20)9-25(32-24(22)37)7-6-16-8-17(3-4-18(16)25)34-13-26(27,28)14-34/h2-5,8,11,24,32,37H,6-7,9,12-14H2,1H3,(H,31,36)/t24?,25-/m0/s1. The van der Waals surface area contributed by atoms with Gasteiger partial charge >= 0.3 is 0 Å². The molecule has 1 saturated heterocycles. The average molecular weight is 570 g/mol. The van der Waals surface area contributed by atoms with Crippen molar-refractivity contribution in [3.05, 3.63) is 64.5 Å². The minimum absolute atomic E-state index is 0.0722. The Morgan fingerprint density at radius 1 is 1.30 bits per heavy atom. The van der Waals surface area contributed by atoms with Gasteiger partial charge < -0.3 is 15.3 Å². The summed E-state index contributed by atoms with van der Waals surface area (Å²) < 4.78 is 51.6. The lowest BCUT2D eigenvalue weighted by Gasteiger charge is -2.41. The van der Waals surface area contributed by atoms with Crippen LogP contribution in [0.2, 0.25) is 0 Å². The number of carbonyl (C=O) groups is 1. The number of aliphatic hydroxyl groups excluding tert-OH is 1. The molecule has 2 atom stereocenters. The monoisotopic (exact) mass is 569 g/mol. The van der Waals surface area contributed by atoms with Crippen LogP contribution in [0.3, 0.4) is 0 Å². The van der Waals surface area contributed by atoms with Crippen molar-refractivity contribution in [3.63, 3.8) is 0 Å². The van der Waals surface area contributed by atoms with Gasteiger partial charge in [0.15, 0.2) is 15.7 Å². The van der Waals surface area contributed by atoms with Crippen molar-refractivity contribution >= 4 is 27.2 Å². The Morgan fingerprint density at radius 3 is 2.73 bits per heavy atom. The minimum atomic E-state index is -3.63. The Labute approximate surface area is 228 Å². The molecule has 0 bridgehead atoms. The number of sulfone groups is 1. The van der Waals surface area contributed by atoms with E-state index in [0.29, 0.717) is 30.5 Å². The zero-order chi connectivity index (χ0) is 28.4. The minimum Gasteiger partial charge on any atom is -0.374 e. The fourth-order valence-corrected chi connectivity index (χ4v) is 6.34. The van der Waals surface area contributed by atoms with E-state index in [1.807, 2.05) is 18.2 Å². The van der Waals surface area contributed by atoms with Crippen molar-refractivity contribution in [1.82, 2.24) is 20.1 Å². The fourth-order valence-electron chi connectivity index (χ4n) is 5.80. The van der Waals surface area contributed by atoms with E-state index in [-0.39, 0.29) is 30.3 Å². The largest absolute Gasteiger partial charge is 0.374 e. The van der Waals surface area contributed by atoms with Gasteiger partial charge in [0.05, 0.1) is 35.4 Å². The second-order valence-corrected chi connectivity index (χ2v) is 12.8. The normalized spacial score (nSPS) is 22.8. The zero-order valence-electron chi connectivity index (χ0n) is 21.4. The molecule has 4 heterocycles. The van der Waals surface area contributed by atoms with Gasteiger partial charge in [-0.25, -0.2) is 22.2 Å². The quantitative estimate of drug-likeness (QED) is 0.415. The van der Waals surface area contributed by atoms with Gasteiger partial charge in [0.1, 0.15) is 23.9 Å². The first-order valence-electron chi connectivity index (χ1n) is 12.5. The van der Waals surface area contributed by atoms with Gasteiger partial charge in [-0.2, -0.15) is 15.0 Å². The van der Waals surface area contributed by atoms with Gasteiger partial charge in [-0.1, -0.05) is 6.07 Å². The maximum absolute atomic E-state index is 13.4. The number of hydrogen-bond acceptors (Lipinski definition) is 9. The highest BCUT2D eigenvalue weighted by molar-refractivity contribution is 7.91. The summed E-state index contributed by atoms with van der Waals surface area (Å²) in [4.78, 5) is 18.5. The fraction of sp³-hybridized carbons (Fsp3) is 0.385. The SMILES string of the molecule is CS(=O)(=O)CC(=O)Nc1c2c(nn1-c1ccc(C#N)cn1)C[C@]1(CCc3cc(N4CC(F)(F)C4)ccc31)NC2O. The number of pyridine rings is 1. The first kappa shape index (κ1) is 26.3. The van der Waals surface area contributed by atoms with Gasteiger partial charge in [-0.15, -0.1) is 0 Å². The first-order valence-corrected chi connectivity index (χ1v) is 14.6. The number of fused-ring (bicyclic) bond motifs is 3. The number of rotatable bonds is 5. The molecule has 2 aromatic heterocycles. The van der Waals surface area contributed by atoms with Gasteiger partial charge in [-0.3, -0.25) is 10.1 Å². The highest BCUT2D eigenvalue weighted by Crippen LogP contribution is 2.47. The number of alkyl halides is 2. The number of nitriles is 1. The van der Waals surface area contributed by atoms with Gasteiger partial charge in [0.25, 0.3) is 5.92 Å². The van der Waals surface area contributed by atoms with Crippen LogP contribution in [0.5, 0.6) is 0 Å². The first-order chi connectivity index (χ1) is 18.9. The van der Waals surface area contributed by atoms with Crippen molar-refractivity contribution in [3.8, 4) is 11.9 Å². The third-order valence-electron chi connectivity index (χ3n) is 7.53. The predicted octanol–water partition coefficient (Wildman–Crippen LogP) is 1.56. The van der Waals surface area contributed by atoms with Crippen LogP contribution in [0.4, 0.5) is 20.3 Å². The summed E-state index contributed by atoms with van der Waals surface area (Å²) in [5, 5.41) is 31.0. The summed E-state index contributed by atoms with van der Waals surface area (Å²) >= 11 is 0. The summed E-state index contributed by atoms with van der Waals surface area (Å²) in [6.07, 6.45) is 2.63. The highest BCUT2D eigenvalue weighted by Gasteiger charge is 2.48. The Bertz CT molecular complexity index is 1680. The van der Waals surface area contributed by atoms with Crippen LogP contribution in [0, 0.1) is 11.3 Å². The molecule has 0 saturated carbocycles. The van der Waals surface area contributed by atoms with Crippen LogP contribution in [0.1, 0.15) is 40.6 Å². The second-order valence-electron chi connectivity index (χ2n) is 10.6. The molecule has 14 heteroatoms. The number of hydrogen-bond donors (Lipinski definition) is 3. The maximum atomic E-state index is 13.4. The summed E-state index contributed by atoms with van der Waals surface area (Å²) in [7, 11) is -3.63. The number of aliphatic hydroxyl groups is 1. The summed E-state index contributed by atoms with van der Waals surface area (Å²) in [6.45, 7) is -0.627. The van der Waals surface area contributed by atoms with Crippen LogP contribution in [-0.4, -0.2) is 65.2 Å². The number of nitrogens with one attached hydrogen (secondary N) is 2. The number of amides is 1. The maximum Gasteiger partial charge on any atom is 0.282 e. The summed E-state index contributed by atoms with van der Waals surface area (Å²) in [5.74, 6) is -3.92. The molecular weight excluding hydrogens is 544 g/mol. The third kappa shape index (κ3) is 4.59. The van der Waals surface area contributed by atoms with E-state index >= 15 is 0 Å². The molecule has 3 aliphatic rings.